The van der Waals surface area contributed by atoms with Crippen LogP contribution in [0.5, 0.6) is 5.75 Å². The van der Waals surface area contributed by atoms with Crippen LogP contribution in [0.25, 0.3) is 0 Å². The highest BCUT2D eigenvalue weighted by Gasteiger charge is 2.20. The van der Waals surface area contributed by atoms with Crippen LogP contribution < -0.4 is 10.5 Å². The molecule has 1 aromatic rings. The largest absolute Gasteiger partial charge is 0.493 e. The molecule has 0 bridgehead atoms. The van der Waals surface area contributed by atoms with Gasteiger partial charge < -0.3 is 10.5 Å². The van der Waals surface area contributed by atoms with Gasteiger partial charge in [-0.3, -0.25) is 0 Å². The lowest BCUT2D eigenvalue weighted by atomic mass is 9.82. The second-order valence-electron chi connectivity index (χ2n) is 5.43. The number of nitrogens with two attached hydrogens (primary N) is 1. The van der Waals surface area contributed by atoms with E-state index in [4.69, 9.17) is 10.5 Å². The summed E-state index contributed by atoms with van der Waals surface area (Å²) in [4.78, 5) is 0. The van der Waals surface area contributed by atoms with E-state index in [9.17, 15) is 0 Å². The molecule has 100 valence electrons. The Labute approximate surface area is 111 Å². The van der Waals surface area contributed by atoms with Crippen LogP contribution in [0.3, 0.4) is 0 Å². The fourth-order valence-electron chi connectivity index (χ4n) is 2.67. The minimum atomic E-state index is 0.721. The smallest absolute Gasteiger partial charge is 0.119 e. The lowest BCUT2D eigenvalue weighted by molar-refractivity contribution is 0.185. The van der Waals surface area contributed by atoms with Gasteiger partial charge in [-0.2, -0.15) is 0 Å². The summed E-state index contributed by atoms with van der Waals surface area (Å²) in [7, 11) is 0. The van der Waals surface area contributed by atoms with Gasteiger partial charge in [0.2, 0.25) is 0 Å². The Morgan fingerprint density at radius 3 is 2.22 bits per heavy atom. The van der Waals surface area contributed by atoms with E-state index in [2.05, 4.69) is 31.2 Å². The van der Waals surface area contributed by atoms with Gasteiger partial charge in [-0.05, 0) is 68.2 Å². The molecule has 1 saturated carbocycles. The van der Waals surface area contributed by atoms with Crippen molar-refractivity contribution in [3.05, 3.63) is 29.8 Å². The van der Waals surface area contributed by atoms with E-state index in [1.165, 1.54) is 31.2 Å². The number of benzene rings is 1. The SMILES string of the molecule is CCc1ccc(OC[C@H]2CC[C@H](CN)CC2)cc1. The van der Waals surface area contributed by atoms with Crippen LogP contribution in [0, 0.1) is 11.8 Å². The van der Waals surface area contributed by atoms with Gasteiger partial charge in [0.1, 0.15) is 5.75 Å². The minimum absolute atomic E-state index is 0.721. The second kappa shape index (κ2) is 6.79. The van der Waals surface area contributed by atoms with Crippen molar-refractivity contribution in [1.29, 1.82) is 0 Å². The zero-order valence-electron chi connectivity index (χ0n) is 11.4. The highest BCUT2D eigenvalue weighted by Crippen LogP contribution is 2.28. The molecular weight excluding hydrogens is 222 g/mol. The van der Waals surface area contributed by atoms with Gasteiger partial charge in [-0.15, -0.1) is 0 Å². The highest BCUT2D eigenvalue weighted by atomic mass is 16.5. The van der Waals surface area contributed by atoms with E-state index in [0.29, 0.717) is 0 Å². The van der Waals surface area contributed by atoms with E-state index < -0.39 is 0 Å². The molecule has 0 aromatic heterocycles. The van der Waals surface area contributed by atoms with Gasteiger partial charge in [0.05, 0.1) is 6.61 Å². The van der Waals surface area contributed by atoms with Crippen LogP contribution in [-0.2, 0) is 6.42 Å². The predicted molar refractivity (Wildman–Crippen MR) is 75.8 cm³/mol. The van der Waals surface area contributed by atoms with Gasteiger partial charge in [-0.25, -0.2) is 0 Å². The number of rotatable bonds is 5. The minimum Gasteiger partial charge on any atom is -0.493 e. The summed E-state index contributed by atoms with van der Waals surface area (Å²) in [5, 5.41) is 0. The first-order valence-corrected chi connectivity index (χ1v) is 7.23. The molecular formula is C16H25NO. The third kappa shape index (κ3) is 3.74. The van der Waals surface area contributed by atoms with E-state index in [1.54, 1.807) is 0 Å². The monoisotopic (exact) mass is 247 g/mol. The Hall–Kier alpha value is -1.02. The van der Waals surface area contributed by atoms with Gasteiger partial charge >= 0.3 is 0 Å². The summed E-state index contributed by atoms with van der Waals surface area (Å²) in [5.74, 6) is 2.48. The van der Waals surface area contributed by atoms with Crippen molar-refractivity contribution in [3.63, 3.8) is 0 Å². The van der Waals surface area contributed by atoms with E-state index in [1.807, 2.05) is 0 Å². The average Bonchev–Trinajstić information content (AvgIpc) is 2.46. The topological polar surface area (TPSA) is 35.2 Å². The second-order valence-corrected chi connectivity index (χ2v) is 5.43. The van der Waals surface area contributed by atoms with Gasteiger partial charge in [0.15, 0.2) is 0 Å². The Balaban J connectivity index is 1.74. The molecule has 2 N–H and O–H groups in total. The average molecular weight is 247 g/mol. The Bertz CT molecular complexity index is 339. The normalized spacial score (nSPS) is 23.9. The predicted octanol–water partition coefficient (Wildman–Crippen LogP) is 3.39. The molecule has 0 radical (unpaired) electrons. The molecule has 1 aliphatic rings. The summed E-state index contributed by atoms with van der Waals surface area (Å²) < 4.78 is 5.88. The van der Waals surface area contributed by atoms with Gasteiger partial charge in [-0.1, -0.05) is 19.1 Å². The lowest BCUT2D eigenvalue weighted by Gasteiger charge is -2.27. The van der Waals surface area contributed by atoms with Crippen molar-refractivity contribution < 1.29 is 4.74 Å². The number of aryl methyl sites for hydroxylation is 1. The molecule has 0 amide bonds. The third-order valence-corrected chi connectivity index (χ3v) is 4.12. The molecule has 1 aliphatic carbocycles. The van der Waals surface area contributed by atoms with Crippen LogP contribution in [0.15, 0.2) is 24.3 Å². The Morgan fingerprint density at radius 1 is 1.06 bits per heavy atom. The standard InChI is InChI=1S/C16H25NO/c1-2-13-7-9-16(10-8-13)18-12-15-5-3-14(11-17)4-6-15/h7-10,14-15H,2-6,11-12,17H2,1H3/t14-,15-. The van der Waals surface area contributed by atoms with Crippen molar-refractivity contribution in [2.24, 2.45) is 17.6 Å². The third-order valence-electron chi connectivity index (χ3n) is 4.12. The van der Waals surface area contributed by atoms with Crippen molar-refractivity contribution >= 4 is 0 Å². The van der Waals surface area contributed by atoms with Crippen molar-refractivity contribution in [3.8, 4) is 5.75 Å². The van der Waals surface area contributed by atoms with Crippen molar-refractivity contribution in [2.45, 2.75) is 39.0 Å². The van der Waals surface area contributed by atoms with Gasteiger partial charge in [0, 0.05) is 0 Å². The first kappa shape index (κ1) is 13.4. The molecule has 1 aromatic carbocycles. The van der Waals surface area contributed by atoms with Crippen molar-refractivity contribution in [1.82, 2.24) is 0 Å². The maximum Gasteiger partial charge on any atom is 0.119 e. The van der Waals surface area contributed by atoms with E-state index >= 15 is 0 Å². The van der Waals surface area contributed by atoms with Crippen LogP contribution in [0.1, 0.15) is 38.2 Å². The summed E-state index contributed by atoms with van der Waals surface area (Å²) in [6.45, 7) is 3.89. The number of hydrogen-bond donors (Lipinski definition) is 1. The highest BCUT2D eigenvalue weighted by molar-refractivity contribution is 5.27. The molecule has 1 fully saturated rings. The molecule has 0 unspecified atom stereocenters. The molecule has 2 heteroatoms. The Morgan fingerprint density at radius 2 is 1.67 bits per heavy atom. The molecule has 2 nitrogen and oxygen atoms in total. The first-order chi connectivity index (χ1) is 8.81. The number of ether oxygens (including phenoxy) is 1. The van der Waals surface area contributed by atoms with E-state index in [0.717, 1.165) is 37.2 Å². The van der Waals surface area contributed by atoms with Crippen molar-refractivity contribution in [2.75, 3.05) is 13.2 Å². The van der Waals surface area contributed by atoms with Crippen LogP contribution >= 0.6 is 0 Å². The lowest BCUT2D eigenvalue weighted by Crippen LogP contribution is -2.24. The van der Waals surface area contributed by atoms with Crippen LogP contribution in [-0.4, -0.2) is 13.2 Å². The molecule has 0 aliphatic heterocycles. The summed E-state index contributed by atoms with van der Waals surface area (Å²) in [5.41, 5.74) is 7.08. The first-order valence-electron chi connectivity index (χ1n) is 7.23. The van der Waals surface area contributed by atoms with Crippen LogP contribution in [0.4, 0.5) is 0 Å². The Kier molecular flexibility index (Phi) is 5.06. The summed E-state index contributed by atoms with van der Waals surface area (Å²) in [6, 6.07) is 8.48. The maximum atomic E-state index is 5.88. The zero-order valence-corrected chi connectivity index (χ0v) is 11.4. The fraction of sp³-hybridized carbons (Fsp3) is 0.625. The molecule has 18 heavy (non-hydrogen) atoms. The molecule has 0 atom stereocenters. The van der Waals surface area contributed by atoms with E-state index in [-0.39, 0.29) is 0 Å². The molecule has 0 saturated heterocycles. The molecule has 0 heterocycles. The zero-order chi connectivity index (χ0) is 12.8. The molecule has 2 rings (SSSR count). The quantitative estimate of drug-likeness (QED) is 0.865. The fourth-order valence-corrected chi connectivity index (χ4v) is 2.67. The maximum absolute atomic E-state index is 5.88. The summed E-state index contributed by atoms with van der Waals surface area (Å²) in [6.07, 6.45) is 6.19. The number of hydrogen-bond acceptors (Lipinski definition) is 2. The summed E-state index contributed by atoms with van der Waals surface area (Å²) >= 11 is 0. The van der Waals surface area contributed by atoms with Gasteiger partial charge in [0.25, 0.3) is 0 Å². The van der Waals surface area contributed by atoms with Crippen LogP contribution in [0.2, 0.25) is 0 Å². The molecule has 0 spiro atoms.